The summed E-state index contributed by atoms with van der Waals surface area (Å²) in [5, 5.41) is 7.11. The Bertz CT molecular complexity index is 557. The SMILES string of the molecule is CCCNCc1cccc(Br)c1OCc1nc(C)no1. The molecular formula is C14H18BrN3O2. The Morgan fingerprint density at radius 3 is 2.95 bits per heavy atom. The highest BCUT2D eigenvalue weighted by Gasteiger charge is 2.10. The molecule has 0 aliphatic rings. The quantitative estimate of drug-likeness (QED) is 0.784. The van der Waals surface area contributed by atoms with Crippen molar-refractivity contribution in [3.8, 4) is 5.75 Å². The number of nitrogens with zero attached hydrogens (tertiary/aromatic N) is 2. The van der Waals surface area contributed by atoms with Gasteiger partial charge in [0.05, 0.1) is 4.47 Å². The minimum Gasteiger partial charge on any atom is -0.482 e. The largest absolute Gasteiger partial charge is 0.482 e. The average Bonchev–Trinajstić information content (AvgIpc) is 2.84. The Balaban J connectivity index is 2.04. The Labute approximate surface area is 126 Å². The number of nitrogens with one attached hydrogen (secondary N) is 1. The molecule has 0 fully saturated rings. The van der Waals surface area contributed by atoms with Gasteiger partial charge in [-0.25, -0.2) is 0 Å². The van der Waals surface area contributed by atoms with Crippen LogP contribution < -0.4 is 10.1 Å². The van der Waals surface area contributed by atoms with Crippen molar-refractivity contribution in [2.24, 2.45) is 0 Å². The molecule has 5 nitrogen and oxygen atoms in total. The van der Waals surface area contributed by atoms with E-state index in [1.165, 1.54) is 0 Å². The van der Waals surface area contributed by atoms with Crippen molar-refractivity contribution in [3.05, 3.63) is 40.0 Å². The average molecular weight is 340 g/mol. The van der Waals surface area contributed by atoms with E-state index < -0.39 is 0 Å². The van der Waals surface area contributed by atoms with Crippen molar-refractivity contribution in [1.82, 2.24) is 15.5 Å². The van der Waals surface area contributed by atoms with E-state index >= 15 is 0 Å². The lowest BCUT2D eigenvalue weighted by Gasteiger charge is -2.12. The number of halogens is 1. The van der Waals surface area contributed by atoms with E-state index in [0.717, 1.165) is 35.3 Å². The van der Waals surface area contributed by atoms with E-state index in [1.807, 2.05) is 18.2 Å². The molecule has 0 spiro atoms. The molecule has 1 aromatic heterocycles. The standard InChI is InChI=1S/C14H18BrN3O2/c1-3-7-16-8-11-5-4-6-12(15)14(11)19-9-13-17-10(2)18-20-13/h4-6,16H,3,7-9H2,1-2H3. The van der Waals surface area contributed by atoms with Gasteiger partial charge in [-0.2, -0.15) is 4.98 Å². The monoisotopic (exact) mass is 339 g/mol. The predicted molar refractivity (Wildman–Crippen MR) is 79.5 cm³/mol. The van der Waals surface area contributed by atoms with Crippen LogP contribution in [0.1, 0.15) is 30.6 Å². The number of hydrogen-bond acceptors (Lipinski definition) is 5. The van der Waals surface area contributed by atoms with Crippen LogP contribution in [0.4, 0.5) is 0 Å². The van der Waals surface area contributed by atoms with Crippen molar-refractivity contribution in [2.45, 2.75) is 33.4 Å². The lowest BCUT2D eigenvalue weighted by Crippen LogP contribution is -2.14. The zero-order valence-electron chi connectivity index (χ0n) is 11.6. The predicted octanol–water partition coefficient (Wildman–Crippen LogP) is 3.22. The second kappa shape index (κ2) is 7.40. The van der Waals surface area contributed by atoms with Gasteiger partial charge in [-0.05, 0) is 41.9 Å². The fraction of sp³-hybridized carbons (Fsp3) is 0.429. The molecule has 0 atom stereocenters. The molecule has 1 heterocycles. The van der Waals surface area contributed by atoms with Crippen molar-refractivity contribution in [3.63, 3.8) is 0 Å². The maximum Gasteiger partial charge on any atom is 0.264 e. The van der Waals surface area contributed by atoms with Crippen LogP contribution in [0.2, 0.25) is 0 Å². The van der Waals surface area contributed by atoms with Gasteiger partial charge in [-0.3, -0.25) is 0 Å². The van der Waals surface area contributed by atoms with Crippen LogP contribution in [0.15, 0.2) is 27.2 Å². The molecule has 1 aromatic carbocycles. The maximum atomic E-state index is 5.81. The number of benzene rings is 1. The number of ether oxygens (including phenoxy) is 1. The molecule has 0 amide bonds. The van der Waals surface area contributed by atoms with Crippen molar-refractivity contribution in [1.29, 1.82) is 0 Å². The van der Waals surface area contributed by atoms with Crippen LogP contribution in [-0.2, 0) is 13.2 Å². The van der Waals surface area contributed by atoms with Gasteiger partial charge in [0.15, 0.2) is 12.4 Å². The number of aryl methyl sites for hydroxylation is 1. The van der Waals surface area contributed by atoms with E-state index in [0.29, 0.717) is 11.7 Å². The van der Waals surface area contributed by atoms with E-state index in [-0.39, 0.29) is 6.61 Å². The molecule has 0 radical (unpaired) electrons. The zero-order valence-corrected chi connectivity index (χ0v) is 13.2. The smallest absolute Gasteiger partial charge is 0.264 e. The Morgan fingerprint density at radius 2 is 2.25 bits per heavy atom. The third kappa shape index (κ3) is 4.05. The number of aromatic nitrogens is 2. The van der Waals surface area contributed by atoms with Crippen LogP contribution in [0, 0.1) is 6.92 Å². The summed E-state index contributed by atoms with van der Waals surface area (Å²) >= 11 is 3.52. The molecule has 0 saturated carbocycles. The third-order valence-corrected chi connectivity index (χ3v) is 3.32. The summed E-state index contributed by atoms with van der Waals surface area (Å²) in [5.41, 5.74) is 1.10. The van der Waals surface area contributed by atoms with E-state index in [1.54, 1.807) is 6.92 Å². The summed E-state index contributed by atoms with van der Waals surface area (Å²) in [6.07, 6.45) is 1.10. The summed E-state index contributed by atoms with van der Waals surface area (Å²) in [4.78, 5) is 4.13. The molecule has 108 valence electrons. The second-order valence-electron chi connectivity index (χ2n) is 4.43. The highest BCUT2D eigenvalue weighted by molar-refractivity contribution is 9.10. The first-order valence-corrected chi connectivity index (χ1v) is 7.40. The zero-order chi connectivity index (χ0) is 14.4. The van der Waals surface area contributed by atoms with Crippen molar-refractivity contribution in [2.75, 3.05) is 6.54 Å². The van der Waals surface area contributed by atoms with Crippen LogP contribution in [0.3, 0.4) is 0 Å². The summed E-state index contributed by atoms with van der Waals surface area (Å²) in [5.74, 6) is 1.90. The van der Waals surface area contributed by atoms with E-state index in [9.17, 15) is 0 Å². The molecule has 0 saturated heterocycles. The molecule has 0 unspecified atom stereocenters. The molecule has 0 aliphatic carbocycles. The Hall–Kier alpha value is -1.40. The normalized spacial score (nSPS) is 10.8. The van der Waals surface area contributed by atoms with Crippen LogP contribution in [0.25, 0.3) is 0 Å². The van der Waals surface area contributed by atoms with Gasteiger partial charge in [0.2, 0.25) is 0 Å². The van der Waals surface area contributed by atoms with E-state index in [4.69, 9.17) is 9.26 Å². The van der Waals surface area contributed by atoms with Crippen molar-refractivity contribution >= 4 is 15.9 Å². The molecule has 0 bridgehead atoms. The topological polar surface area (TPSA) is 60.2 Å². The lowest BCUT2D eigenvalue weighted by molar-refractivity contribution is 0.239. The minimum atomic E-state index is 0.268. The van der Waals surface area contributed by atoms with Crippen LogP contribution >= 0.6 is 15.9 Å². The van der Waals surface area contributed by atoms with Gasteiger partial charge in [-0.15, -0.1) is 0 Å². The molecule has 20 heavy (non-hydrogen) atoms. The summed E-state index contributed by atoms with van der Waals surface area (Å²) in [7, 11) is 0. The molecule has 0 aliphatic heterocycles. The molecule has 1 N–H and O–H groups in total. The van der Waals surface area contributed by atoms with Gasteiger partial charge in [0.1, 0.15) is 5.75 Å². The Morgan fingerprint density at radius 1 is 1.40 bits per heavy atom. The molecular weight excluding hydrogens is 322 g/mol. The fourth-order valence-electron chi connectivity index (χ4n) is 1.79. The van der Waals surface area contributed by atoms with E-state index in [2.05, 4.69) is 38.3 Å². The molecule has 2 aromatic rings. The van der Waals surface area contributed by atoms with Crippen molar-refractivity contribution < 1.29 is 9.26 Å². The first kappa shape index (κ1) is 15.0. The fourth-order valence-corrected chi connectivity index (χ4v) is 2.31. The lowest BCUT2D eigenvalue weighted by atomic mass is 10.2. The highest BCUT2D eigenvalue weighted by atomic mass is 79.9. The second-order valence-corrected chi connectivity index (χ2v) is 5.28. The first-order valence-electron chi connectivity index (χ1n) is 6.60. The van der Waals surface area contributed by atoms with Crippen LogP contribution in [-0.4, -0.2) is 16.7 Å². The highest BCUT2D eigenvalue weighted by Crippen LogP contribution is 2.29. The van der Waals surface area contributed by atoms with Gasteiger partial charge < -0.3 is 14.6 Å². The van der Waals surface area contributed by atoms with Gasteiger partial charge in [-0.1, -0.05) is 24.2 Å². The molecule has 2 rings (SSSR count). The minimum absolute atomic E-state index is 0.268. The van der Waals surface area contributed by atoms with Crippen LogP contribution in [0.5, 0.6) is 5.75 Å². The number of rotatable bonds is 7. The third-order valence-electron chi connectivity index (χ3n) is 2.70. The van der Waals surface area contributed by atoms with Gasteiger partial charge in [0, 0.05) is 12.1 Å². The first-order chi connectivity index (χ1) is 9.70. The Kier molecular flexibility index (Phi) is 5.55. The summed E-state index contributed by atoms with van der Waals surface area (Å²) in [6, 6.07) is 6.00. The maximum absolute atomic E-state index is 5.81. The number of para-hydroxylation sites is 1. The summed E-state index contributed by atoms with van der Waals surface area (Å²) < 4.78 is 11.8. The van der Waals surface area contributed by atoms with Gasteiger partial charge >= 0.3 is 0 Å². The number of hydrogen-bond donors (Lipinski definition) is 1. The summed E-state index contributed by atoms with van der Waals surface area (Å²) in [6.45, 7) is 5.94. The molecule has 6 heteroatoms. The van der Waals surface area contributed by atoms with Gasteiger partial charge in [0.25, 0.3) is 5.89 Å².